The first-order chi connectivity index (χ1) is 14.7. The number of anilines is 1. The quantitative estimate of drug-likeness (QED) is 0.664. The summed E-state index contributed by atoms with van der Waals surface area (Å²) in [5.41, 5.74) is 1.10. The van der Waals surface area contributed by atoms with Gasteiger partial charge in [0.2, 0.25) is 12.7 Å². The number of nitrogens with one attached hydrogen (secondary N) is 1. The zero-order chi connectivity index (χ0) is 20.5. The highest BCUT2D eigenvalue weighted by Gasteiger charge is 2.18. The number of fused-ring (bicyclic) bond motifs is 2. The average Bonchev–Trinajstić information content (AvgIpc) is 3.42. The Balaban J connectivity index is 1.27. The van der Waals surface area contributed by atoms with E-state index in [0.29, 0.717) is 28.4 Å². The minimum atomic E-state index is -0.267. The van der Waals surface area contributed by atoms with Crippen molar-refractivity contribution in [3.05, 3.63) is 40.4 Å². The van der Waals surface area contributed by atoms with Gasteiger partial charge in [0, 0.05) is 19.6 Å². The highest BCUT2D eigenvalue weighted by atomic mass is 32.1. The maximum atomic E-state index is 12.8. The van der Waals surface area contributed by atoms with Crippen LogP contribution in [0.5, 0.6) is 11.5 Å². The topological polar surface area (TPSA) is 98.6 Å². The number of aromatic nitrogens is 3. The molecule has 4 heterocycles. The number of carbonyl (C=O) groups is 1. The minimum Gasteiger partial charge on any atom is -0.454 e. The zero-order valence-corrected chi connectivity index (χ0v) is 17.1. The van der Waals surface area contributed by atoms with Crippen molar-refractivity contribution in [1.82, 2.24) is 19.9 Å². The molecule has 1 fully saturated rings. The second-order valence-corrected chi connectivity index (χ2v) is 8.32. The highest BCUT2D eigenvalue weighted by molar-refractivity contribution is 7.22. The molecule has 3 aromatic rings. The number of rotatable bonds is 5. The van der Waals surface area contributed by atoms with E-state index in [1.807, 2.05) is 18.2 Å². The van der Waals surface area contributed by atoms with Gasteiger partial charge >= 0.3 is 0 Å². The minimum absolute atomic E-state index is 0.0940. The Morgan fingerprint density at radius 2 is 2.00 bits per heavy atom. The van der Waals surface area contributed by atoms with Crippen LogP contribution in [0.2, 0.25) is 0 Å². The molecule has 1 saturated heterocycles. The Kier molecular flexibility index (Phi) is 4.99. The van der Waals surface area contributed by atoms with Gasteiger partial charge in [-0.3, -0.25) is 14.2 Å². The number of carbonyl (C=O) groups excluding carboxylic acids is 1. The van der Waals surface area contributed by atoms with Crippen LogP contribution in [0.4, 0.5) is 5.13 Å². The largest absolute Gasteiger partial charge is 0.454 e. The first-order valence-corrected chi connectivity index (χ1v) is 10.8. The van der Waals surface area contributed by atoms with Crippen molar-refractivity contribution in [2.24, 2.45) is 0 Å². The molecular weight excluding hydrogens is 406 g/mol. The molecule has 2 aromatic heterocycles. The molecule has 1 amide bonds. The number of hydrogen-bond acceptors (Lipinski definition) is 8. The maximum absolute atomic E-state index is 12.8. The third-order valence-electron chi connectivity index (χ3n) is 5.24. The van der Waals surface area contributed by atoms with Crippen molar-refractivity contribution in [1.29, 1.82) is 0 Å². The number of nitrogens with zero attached hydrogens (tertiary/aromatic N) is 4. The van der Waals surface area contributed by atoms with E-state index in [-0.39, 0.29) is 24.8 Å². The molecule has 0 unspecified atom stereocenters. The third kappa shape index (κ3) is 3.70. The molecule has 156 valence electrons. The predicted octanol–water partition coefficient (Wildman–Crippen LogP) is 1.89. The van der Waals surface area contributed by atoms with Gasteiger partial charge in [-0.05, 0) is 37.0 Å². The number of amides is 1. The second-order valence-electron chi connectivity index (χ2n) is 7.34. The van der Waals surface area contributed by atoms with E-state index in [2.05, 4.69) is 20.2 Å². The molecule has 0 radical (unpaired) electrons. The number of thiazole rings is 1. The molecular formula is C20H21N5O4S. The van der Waals surface area contributed by atoms with Crippen molar-refractivity contribution in [3.8, 4) is 11.5 Å². The number of hydrogen-bond donors (Lipinski definition) is 1. The average molecular weight is 427 g/mol. The maximum Gasteiger partial charge on any atom is 0.273 e. The summed E-state index contributed by atoms with van der Waals surface area (Å²) < 4.78 is 12.4. The third-order valence-corrected chi connectivity index (χ3v) is 6.33. The Morgan fingerprint density at radius 1 is 1.17 bits per heavy atom. The summed E-state index contributed by atoms with van der Waals surface area (Å²) in [6.07, 6.45) is 4.90. The van der Waals surface area contributed by atoms with Crippen molar-refractivity contribution >= 4 is 32.7 Å². The summed E-state index contributed by atoms with van der Waals surface area (Å²) in [7, 11) is 0. The molecule has 2 aliphatic rings. The van der Waals surface area contributed by atoms with Crippen molar-refractivity contribution in [2.75, 3.05) is 24.8 Å². The molecule has 5 rings (SSSR count). The van der Waals surface area contributed by atoms with Crippen LogP contribution in [0.1, 0.15) is 24.8 Å². The van der Waals surface area contributed by atoms with Crippen LogP contribution >= 0.6 is 11.3 Å². The number of piperidine rings is 1. The van der Waals surface area contributed by atoms with Gasteiger partial charge in [-0.25, -0.2) is 4.98 Å². The van der Waals surface area contributed by atoms with E-state index in [1.165, 1.54) is 28.7 Å². The number of benzene rings is 1. The lowest BCUT2D eigenvalue weighted by Gasteiger charge is -2.25. The summed E-state index contributed by atoms with van der Waals surface area (Å²) >= 11 is 1.35. The van der Waals surface area contributed by atoms with Crippen LogP contribution in [0.15, 0.2) is 29.3 Å². The van der Waals surface area contributed by atoms with E-state index in [9.17, 15) is 9.59 Å². The molecule has 2 aliphatic heterocycles. The summed E-state index contributed by atoms with van der Waals surface area (Å²) in [5.74, 6) is 1.10. The van der Waals surface area contributed by atoms with Crippen molar-refractivity contribution in [3.63, 3.8) is 0 Å². The van der Waals surface area contributed by atoms with Crippen LogP contribution < -0.4 is 25.2 Å². The molecule has 1 N–H and O–H groups in total. The van der Waals surface area contributed by atoms with Gasteiger partial charge in [0.15, 0.2) is 22.3 Å². The lowest BCUT2D eigenvalue weighted by Crippen LogP contribution is -2.31. The SMILES string of the molecule is O=C(Cn1cnc2nc(N3CCCCC3)sc2c1=O)NCc1ccc2c(c1)OCO2. The van der Waals surface area contributed by atoms with Crippen LogP contribution in [0, 0.1) is 0 Å². The first-order valence-electron chi connectivity index (χ1n) is 9.93. The van der Waals surface area contributed by atoms with E-state index >= 15 is 0 Å². The van der Waals surface area contributed by atoms with E-state index in [0.717, 1.165) is 36.6 Å². The summed E-state index contributed by atoms with van der Waals surface area (Å²) in [6.45, 7) is 2.36. The Bertz CT molecular complexity index is 1150. The Hall–Kier alpha value is -3.14. The molecule has 30 heavy (non-hydrogen) atoms. The Labute approximate surface area is 176 Å². The van der Waals surface area contributed by atoms with E-state index in [4.69, 9.17) is 9.47 Å². The van der Waals surface area contributed by atoms with Gasteiger partial charge in [-0.15, -0.1) is 0 Å². The van der Waals surface area contributed by atoms with Crippen LogP contribution in [0.25, 0.3) is 10.3 Å². The lowest BCUT2D eigenvalue weighted by atomic mass is 10.1. The standard InChI is InChI=1S/C20H21N5O4S/c26-16(21-9-13-4-5-14-15(8-13)29-12-28-14)10-25-11-22-18-17(19(25)27)30-20(23-18)24-6-2-1-3-7-24/h4-5,8,11H,1-3,6-7,9-10,12H2,(H,21,26). The fourth-order valence-electron chi connectivity index (χ4n) is 3.63. The first kappa shape index (κ1) is 18.9. The smallest absolute Gasteiger partial charge is 0.273 e. The molecule has 10 heteroatoms. The van der Waals surface area contributed by atoms with Crippen molar-refractivity contribution in [2.45, 2.75) is 32.4 Å². The predicted molar refractivity (Wildman–Crippen MR) is 112 cm³/mol. The molecule has 0 aliphatic carbocycles. The summed E-state index contributed by atoms with van der Waals surface area (Å²) in [4.78, 5) is 36.2. The van der Waals surface area contributed by atoms with Crippen LogP contribution in [0.3, 0.4) is 0 Å². The highest BCUT2D eigenvalue weighted by Crippen LogP contribution is 2.32. The van der Waals surface area contributed by atoms with Gasteiger partial charge in [0.05, 0.1) is 0 Å². The molecule has 9 nitrogen and oxygen atoms in total. The molecule has 1 aromatic carbocycles. The fourth-order valence-corrected chi connectivity index (χ4v) is 4.65. The van der Waals surface area contributed by atoms with Crippen LogP contribution in [-0.2, 0) is 17.9 Å². The number of ether oxygens (including phenoxy) is 2. The Morgan fingerprint density at radius 3 is 2.87 bits per heavy atom. The molecule has 0 spiro atoms. The molecule has 0 saturated carbocycles. The van der Waals surface area contributed by atoms with Gasteiger partial charge in [-0.2, -0.15) is 4.98 Å². The molecule has 0 bridgehead atoms. The summed E-state index contributed by atoms with van der Waals surface area (Å²) in [5, 5.41) is 3.66. The van der Waals surface area contributed by atoms with Crippen molar-refractivity contribution < 1.29 is 14.3 Å². The second kappa shape index (κ2) is 7.94. The van der Waals surface area contributed by atoms with Crippen LogP contribution in [-0.4, -0.2) is 40.3 Å². The fraction of sp³-hybridized carbons (Fsp3) is 0.400. The van der Waals surface area contributed by atoms with E-state index in [1.54, 1.807) is 0 Å². The summed E-state index contributed by atoms with van der Waals surface area (Å²) in [6, 6.07) is 5.52. The van der Waals surface area contributed by atoms with Gasteiger partial charge < -0.3 is 19.7 Å². The van der Waals surface area contributed by atoms with Gasteiger partial charge in [0.25, 0.3) is 5.56 Å². The lowest BCUT2D eigenvalue weighted by molar-refractivity contribution is -0.121. The zero-order valence-electron chi connectivity index (χ0n) is 16.3. The molecule has 0 atom stereocenters. The van der Waals surface area contributed by atoms with E-state index < -0.39 is 0 Å². The monoisotopic (exact) mass is 427 g/mol. The normalized spacial score (nSPS) is 15.5. The van der Waals surface area contributed by atoms with Gasteiger partial charge in [-0.1, -0.05) is 17.4 Å². The van der Waals surface area contributed by atoms with Gasteiger partial charge in [0.1, 0.15) is 17.6 Å².